The SMILES string of the molecule is C=C/C=C\C=C(\C(=C)CC)C(C=CCC)(C(C)CC)C1C/C=C\C(NC=C)=C\C2=C1C(C)(C)C(C)(C)C2(C)C.CC.CC. The van der Waals surface area contributed by atoms with E-state index in [0.29, 0.717) is 5.92 Å². The lowest BCUT2D eigenvalue weighted by molar-refractivity contribution is 0.0513. The van der Waals surface area contributed by atoms with Crippen molar-refractivity contribution in [1.29, 1.82) is 0 Å². The van der Waals surface area contributed by atoms with E-state index in [2.05, 4.69) is 137 Å². The third-order valence-corrected chi connectivity index (χ3v) is 10.8. The third kappa shape index (κ3) is 7.76. The van der Waals surface area contributed by atoms with Gasteiger partial charge in [0.05, 0.1) is 0 Å². The highest BCUT2D eigenvalue weighted by molar-refractivity contribution is 5.53. The van der Waals surface area contributed by atoms with E-state index >= 15 is 0 Å². The number of hydrogen-bond acceptors (Lipinski definition) is 1. The molecular weight excluding hydrogens is 518 g/mol. The maximum absolute atomic E-state index is 4.67. The second-order valence-electron chi connectivity index (χ2n) is 13.1. The fourth-order valence-corrected chi connectivity index (χ4v) is 7.11. The van der Waals surface area contributed by atoms with E-state index in [9.17, 15) is 0 Å². The summed E-state index contributed by atoms with van der Waals surface area (Å²) in [5, 5.41) is 3.41. The largest absolute Gasteiger partial charge is 0.362 e. The van der Waals surface area contributed by atoms with Gasteiger partial charge in [0.15, 0.2) is 0 Å². The summed E-state index contributed by atoms with van der Waals surface area (Å²) in [4.78, 5) is 0. The maximum atomic E-state index is 4.67. The minimum Gasteiger partial charge on any atom is -0.362 e. The Morgan fingerprint density at radius 2 is 1.60 bits per heavy atom. The van der Waals surface area contributed by atoms with Crippen molar-refractivity contribution in [3.05, 3.63) is 109 Å². The minimum atomic E-state index is -0.209. The summed E-state index contributed by atoms with van der Waals surface area (Å²) in [6.07, 6.45) is 26.2. The lowest BCUT2D eigenvalue weighted by Crippen LogP contribution is -2.44. The fraction of sp³-hybridized carbons (Fsp3) is 0.571. The lowest BCUT2D eigenvalue weighted by Gasteiger charge is -2.51. The van der Waals surface area contributed by atoms with Crippen LogP contribution in [0.4, 0.5) is 0 Å². The van der Waals surface area contributed by atoms with Gasteiger partial charge >= 0.3 is 0 Å². The summed E-state index contributed by atoms with van der Waals surface area (Å²) < 4.78 is 0. The standard InChI is InChI=1S/C38H57N.2C2H6/c1-14-19-21-24-31(28(6)16-3)38(26-20-15-2,29(7)17-4)32-25-22-23-30(39-18-5)27-33-34(32)36(10,11)37(12,13)35(33,8)9;2*1-2/h14,18-24,26-27,29,32,39H,1,5-6,15-17,25H2,2-4,7-13H3;2*1-2H3/b21-19-,23-22-,26-20?,30-27-,31-24-;;. The fourth-order valence-electron chi connectivity index (χ4n) is 7.11. The molecule has 1 N–H and O–H groups in total. The van der Waals surface area contributed by atoms with E-state index in [0.717, 1.165) is 31.4 Å². The van der Waals surface area contributed by atoms with Crippen molar-refractivity contribution in [2.75, 3.05) is 0 Å². The van der Waals surface area contributed by atoms with E-state index in [1.807, 2.05) is 39.8 Å². The summed E-state index contributed by atoms with van der Waals surface area (Å²) in [6, 6.07) is 0. The Bertz CT molecular complexity index is 1110. The zero-order valence-electron chi connectivity index (χ0n) is 30.9. The highest BCUT2D eigenvalue weighted by Gasteiger charge is 2.61. The van der Waals surface area contributed by atoms with Crippen LogP contribution in [0.2, 0.25) is 0 Å². The molecule has 1 heteroatoms. The first kappa shape index (κ1) is 40.5. The van der Waals surface area contributed by atoms with Gasteiger partial charge in [0.1, 0.15) is 0 Å². The molecule has 3 unspecified atom stereocenters. The number of allylic oxidation sites excluding steroid dienone is 13. The highest BCUT2D eigenvalue weighted by Crippen LogP contribution is 2.70. The highest BCUT2D eigenvalue weighted by atomic mass is 14.8. The number of nitrogens with one attached hydrogen (secondary N) is 1. The molecule has 0 aromatic carbocycles. The molecule has 2 aliphatic carbocycles. The van der Waals surface area contributed by atoms with Crippen molar-refractivity contribution in [2.24, 2.45) is 33.5 Å². The number of hydrogen-bond donors (Lipinski definition) is 1. The van der Waals surface area contributed by atoms with Crippen LogP contribution in [0.1, 0.15) is 123 Å². The van der Waals surface area contributed by atoms with Gasteiger partial charge in [0.2, 0.25) is 0 Å². The molecule has 0 aromatic rings. The van der Waals surface area contributed by atoms with Gasteiger partial charge in [-0.05, 0) is 76.8 Å². The molecule has 0 radical (unpaired) electrons. The molecule has 0 spiro atoms. The smallest absolute Gasteiger partial charge is 0.0379 e. The molecule has 43 heavy (non-hydrogen) atoms. The minimum absolute atomic E-state index is 0.0204. The molecule has 1 nitrogen and oxygen atoms in total. The van der Waals surface area contributed by atoms with E-state index in [4.69, 9.17) is 0 Å². The molecule has 0 fully saturated rings. The molecule has 3 atom stereocenters. The van der Waals surface area contributed by atoms with Crippen molar-refractivity contribution >= 4 is 0 Å². The van der Waals surface area contributed by atoms with Gasteiger partial charge in [-0.2, -0.15) is 0 Å². The lowest BCUT2D eigenvalue weighted by atomic mass is 9.52. The molecule has 0 amide bonds. The number of rotatable bonds is 12. The second-order valence-corrected chi connectivity index (χ2v) is 13.1. The molecule has 0 bridgehead atoms. The van der Waals surface area contributed by atoms with Crippen LogP contribution in [-0.4, -0.2) is 0 Å². The first-order valence-electron chi connectivity index (χ1n) is 17.1. The van der Waals surface area contributed by atoms with Crippen LogP contribution in [0.5, 0.6) is 0 Å². The summed E-state index contributed by atoms with van der Waals surface area (Å²) in [5.41, 5.74) is 6.55. The van der Waals surface area contributed by atoms with E-state index < -0.39 is 0 Å². The van der Waals surface area contributed by atoms with Crippen LogP contribution in [0.3, 0.4) is 0 Å². The summed E-state index contributed by atoms with van der Waals surface area (Å²) in [6.45, 7) is 44.7. The molecule has 242 valence electrons. The van der Waals surface area contributed by atoms with Crippen molar-refractivity contribution < 1.29 is 0 Å². The topological polar surface area (TPSA) is 12.0 Å². The third-order valence-electron chi connectivity index (χ3n) is 10.8. The zero-order valence-corrected chi connectivity index (χ0v) is 30.9. The maximum Gasteiger partial charge on any atom is 0.0379 e. The Labute approximate surface area is 269 Å². The van der Waals surface area contributed by atoms with Gasteiger partial charge < -0.3 is 5.32 Å². The predicted octanol–water partition coefficient (Wildman–Crippen LogP) is 13.3. The Hall–Kier alpha value is -2.54. The summed E-state index contributed by atoms with van der Waals surface area (Å²) in [7, 11) is 0. The summed E-state index contributed by atoms with van der Waals surface area (Å²) in [5.74, 6) is 0.696. The molecular formula is C42H69N. The van der Waals surface area contributed by atoms with Gasteiger partial charge in [-0.3, -0.25) is 0 Å². The molecule has 2 rings (SSSR count). The normalized spacial score (nSPS) is 24.5. The second kappa shape index (κ2) is 17.7. The quantitative estimate of drug-likeness (QED) is 0.177. The average Bonchev–Trinajstić information content (AvgIpc) is 3.08. The van der Waals surface area contributed by atoms with Crippen LogP contribution in [0.15, 0.2) is 109 Å². The van der Waals surface area contributed by atoms with E-state index in [-0.39, 0.29) is 27.6 Å². The zero-order chi connectivity index (χ0) is 33.6. The monoisotopic (exact) mass is 588 g/mol. The predicted molar refractivity (Wildman–Crippen MR) is 198 cm³/mol. The first-order chi connectivity index (χ1) is 20.3. The van der Waals surface area contributed by atoms with Crippen molar-refractivity contribution in [2.45, 2.75) is 123 Å². The average molecular weight is 588 g/mol. The molecule has 0 aromatic heterocycles. The van der Waals surface area contributed by atoms with Crippen LogP contribution in [-0.2, 0) is 0 Å². The Morgan fingerprint density at radius 1 is 1.00 bits per heavy atom. The van der Waals surface area contributed by atoms with E-state index in [1.165, 1.54) is 16.7 Å². The molecule has 0 aliphatic heterocycles. The van der Waals surface area contributed by atoms with Gasteiger partial charge in [-0.25, -0.2) is 0 Å². The van der Waals surface area contributed by atoms with Crippen molar-refractivity contribution in [1.82, 2.24) is 5.32 Å². The molecule has 0 heterocycles. The van der Waals surface area contributed by atoms with Gasteiger partial charge in [0.25, 0.3) is 0 Å². The van der Waals surface area contributed by atoms with Gasteiger partial charge in [-0.1, -0.05) is 177 Å². The Kier molecular flexibility index (Phi) is 16.6. The first-order valence-corrected chi connectivity index (χ1v) is 17.1. The van der Waals surface area contributed by atoms with Crippen LogP contribution in [0, 0.1) is 33.5 Å². The van der Waals surface area contributed by atoms with E-state index in [1.54, 1.807) is 11.8 Å². The Balaban J connectivity index is 0.00000422. The van der Waals surface area contributed by atoms with Crippen LogP contribution in [0.25, 0.3) is 0 Å². The van der Waals surface area contributed by atoms with Crippen molar-refractivity contribution in [3.63, 3.8) is 0 Å². The summed E-state index contributed by atoms with van der Waals surface area (Å²) >= 11 is 0. The van der Waals surface area contributed by atoms with Crippen molar-refractivity contribution in [3.8, 4) is 0 Å². The molecule has 0 saturated carbocycles. The van der Waals surface area contributed by atoms with Crippen LogP contribution < -0.4 is 5.32 Å². The molecule has 0 saturated heterocycles. The molecule has 2 aliphatic rings. The Morgan fingerprint density at radius 3 is 2.09 bits per heavy atom. The van der Waals surface area contributed by atoms with Crippen LogP contribution >= 0.6 is 0 Å². The van der Waals surface area contributed by atoms with Gasteiger partial charge in [0, 0.05) is 11.1 Å². The van der Waals surface area contributed by atoms with Gasteiger partial charge in [-0.15, -0.1) is 0 Å².